The molecule has 1 heterocycles. The molecule has 0 bridgehead atoms. The van der Waals surface area contributed by atoms with E-state index in [-0.39, 0.29) is 0 Å². The van der Waals surface area contributed by atoms with Gasteiger partial charge in [-0.2, -0.15) is 0 Å². The zero-order valence-corrected chi connectivity index (χ0v) is 13.3. The van der Waals surface area contributed by atoms with Crippen LogP contribution in [0.2, 0.25) is 0 Å². The van der Waals surface area contributed by atoms with Crippen LogP contribution in [0, 0.1) is 0 Å². The van der Waals surface area contributed by atoms with Gasteiger partial charge < -0.3 is 5.32 Å². The van der Waals surface area contributed by atoms with Crippen LogP contribution in [0.15, 0.2) is 45.5 Å². The molecule has 2 aromatic rings. The van der Waals surface area contributed by atoms with Crippen LogP contribution in [0.1, 0.15) is 18.1 Å². The molecule has 0 atom stereocenters. The standard InChI is InChI=1S/C14H14Br2N2/c1-2-10-5-3-4-6-11(10)8-17-14-13(16)7-12(15)9-18-14/h3-7,9H,2,8H2,1H3,(H,17,18). The summed E-state index contributed by atoms with van der Waals surface area (Å²) < 4.78 is 1.93. The topological polar surface area (TPSA) is 24.9 Å². The third kappa shape index (κ3) is 3.33. The number of hydrogen-bond acceptors (Lipinski definition) is 2. The zero-order valence-electron chi connectivity index (χ0n) is 10.1. The Morgan fingerprint density at radius 3 is 2.56 bits per heavy atom. The van der Waals surface area contributed by atoms with Gasteiger partial charge in [0.2, 0.25) is 0 Å². The van der Waals surface area contributed by atoms with E-state index < -0.39 is 0 Å². The van der Waals surface area contributed by atoms with Crippen LogP contribution in [0.5, 0.6) is 0 Å². The maximum atomic E-state index is 4.34. The highest BCUT2D eigenvalue weighted by Gasteiger charge is 2.04. The van der Waals surface area contributed by atoms with E-state index in [4.69, 9.17) is 0 Å². The van der Waals surface area contributed by atoms with Crippen LogP contribution in [-0.2, 0) is 13.0 Å². The molecule has 0 saturated carbocycles. The van der Waals surface area contributed by atoms with E-state index in [1.54, 1.807) is 6.20 Å². The lowest BCUT2D eigenvalue weighted by Gasteiger charge is -2.11. The normalized spacial score (nSPS) is 10.4. The molecule has 0 aliphatic heterocycles. The van der Waals surface area contributed by atoms with E-state index in [1.807, 2.05) is 6.07 Å². The molecule has 94 valence electrons. The van der Waals surface area contributed by atoms with Gasteiger partial charge >= 0.3 is 0 Å². The van der Waals surface area contributed by atoms with Crippen molar-refractivity contribution in [2.24, 2.45) is 0 Å². The lowest BCUT2D eigenvalue weighted by atomic mass is 10.1. The van der Waals surface area contributed by atoms with Gasteiger partial charge in [0, 0.05) is 17.2 Å². The quantitative estimate of drug-likeness (QED) is 0.838. The highest BCUT2D eigenvalue weighted by atomic mass is 79.9. The number of nitrogens with zero attached hydrogens (tertiary/aromatic N) is 1. The lowest BCUT2D eigenvalue weighted by Crippen LogP contribution is -2.04. The molecule has 0 aliphatic rings. The Bertz CT molecular complexity index is 541. The van der Waals surface area contributed by atoms with Crippen molar-refractivity contribution in [3.05, 3.63) is 56.6 Å². The number of halogens is 2. The third-order valence-corrected chi connectivity index (χ3v) is 3.79. The summed E-state index contributed by atoms with van der Waals surface area (Å²) in [5.74, 6) is 0.865. The molecule has 0 fully saturated rings. The largest absolute Gasteiger partial charge is 0.365 e. The summed E-state index contributed by atoms with van der Waals surface area (Å²) in [6, 6.07) is 10.5. The van der Waals surface area contributed by atoms with Crippen molar-refractivity contribution in [2.45, 2.75) is 19.9 Å². The van der Waals surface area contributed by atoms with Crippen molar-refractivity contribution >= 4 is 37.7 Å². The van der Waals surface area contributed by atoms with Gasteiger partial charge in [-0.05, 0) is 55.5 Å². The first kappa shape index (κ1) is 13.6. The fourth-order valence-electron chi connectivity index (χ4n) is 1.80. The molecule has 0 amide bonds. The summed E-state index contributed by atoms with van der Waals surface area (Å²) >= 11 is 6.90. The number of aryl methyl sites for hydroxylation is 1. The van der Waals surface area contributed by atoms with E-state index in [0.717, 1.165) is 27.7 Å². The highest BCUT2D eigenvalue weighted by molar-refractivity contribution is 9.11. The van der Waals surface area contributed by atoms with Gasteiger partial charge in [-0.3, -0.25) is 0 Å². The van der Waals surface area contributed by atoms with Gasteiger partial charge in [-0.15, -0.1) is 0 Å². The minimum absolute atomic E-state index is 0.789. The van der Waals surface area contributed by atoms with E-state index in [9.17, 15) is 0 Å². The van der Waals surface area contributed by atoms with Crippen molar-refractivity contribution in [1.29, 1.82) is 0 Å². The molecule has 4 heteroatoms. The molecular formula is C14H14Br2N2. The van der Waals surface area contributed by atoms with E-state index in [1.165, 1.54) is 11.1 Å². The van der Waals surface area contributed by atoms with Crippen molar-refractivity contribution in [3.8, 4) is 0 Å². The Morgan fingerprint density at radius 1 is 1.17 bits per heavy atom. The number of nitrogens with one attached hydrogen (secondary N) is 1. The minimum atomic E-state index is 0.789. The maximum absolute atomic E-state index is 4.34. The first-order valence-electron chi connectivity index (χ1n) is 5.82. The van der Waals surface area contributed by atoms with Gasteiger partial charge in [-0.1, -0.05) is 31.2 Å². The van der Waals surface area contributed by atoms with Crippen LogP contribution in [0.4, 0.5) is 5.82 Å². The molecular weight excluding hydrogens is 356 g/mol. The van der Waals surface area contributed by atoms with Gasteiger partial charge in [0.25, 0.3) is 0 Å². The Labute approximate surface area is 124 Å². The number of rotatable bonds is 4. The molecule has 1 aromatic heterocycles. The second kappa shape index (κ2) is 6.34. The van der Waals surface area contributed by atoms with Crippen LogP contribution in [0.25, 0.3) is 0 Å². The number of aromatic nitrogens is 1. The van der Waals surface area contributed by atoms with Gasteiger partial charge in [-0.25, -0.2) is 4.98 Å². The molecule has 0 spiro atoms. The van der Waals surface area contributed by atoms with E-state index in [0.29, 0.717) is 0 Å². The van der Waals surface area contributed by atoms with E-state index in [2.05, 4.69) is 73.3 Å². The summed E-state index contributed by atoms with van der Waals surface area (Å²) in [4.78, 5) is 4.34. The molecule has 0 saturated heterocycles. The lowest BCUT2D eigenvalue weighted by molar-refractivity contribution is 1.03. The monoisotopic (exact) mass is 368 g/mol. The summed E-state index contributed by atoms with van der Waals surface area (Å²) in [6.07, 6.45) is 2.84. The van der Waals surface area contributed by atoms with Crippen molar-refractivity contribution < 1.29 is 0 Å². The predicted molar refractivity (Wildman–Crippen MR) is 82.8 cm³/mol. The second-order valence-corrected chi connectivity index (χ2v) is 5.73. The molecule has 1 N–H and O–H groups in total. The Kier molecular flexibility index (Phi) is 4.78. The molecule has 0 radical (unpaired) electrons. The first-order chi connectivity index (χ1) is 8.70. The molecule has 2 nitrogen and oxygen atoms in total. The highest BCUT2D eigenvalue weighted by Crippen LogP contribution is 2.24. The van der Waals surface area contributed by atoms with E-state index >= 15 is 0 Å². The van der Waals surface area contributed by atoms with Crippen molar-refractivity contribution in [1.82, 2.24) is 4.98 Å². The van der Waals surface area contributed by atoms with Gasteiger partial charge in [0.15, 0.2) is 0 Å². The summed E-state index contributed by atoms with van der Waals surface area (Å²) in [5.41, 5.74) is 2.69. The second-order valence-electron chi connectivity index (χ2n) is 3.96. The SMILES string of the molecule is CCc1ccccc1CNc1ncc(Br)cc1Br. The first-order valence-corrected chi connectivity index (χ1v) is 7.41. The average Bonchev–Trinajstić information content (AvgIpc) is 2.38. The Balaban J connectivity index is 2.11. The Morgan fingerprint density at radius 2 is 1.89 bits per heavy atom. The van der Waals surface area contributed by atoms with Crippen molar-refractivity contribution in [2.75, 3.05) is 5.32 Å². The minimum Gasteiger partial charge on any atom is -0.365 e. The zero-order chi connectivity index (χ0) is 13.0. The number of benzene rings is 1. The third-order valence-electron chi connectivity index (χ3n) is 2.75. The van der Waals surface area contributed by atoms with Crippen LogP contribution >= 0.6 is 31.9 Å². The van der Waals surface area contributed by atoms with Crippen LogP contribution < -0.4 is 5.32 Å². The Hall–Kier alpha value is -0.870. The summed E-state index contributed by atoms with van der Waals surface area (Å²) in [6.45, 7) is 2.96. The van der Waals surface area contributed by atoms with Gasteiger partial charge in [0.05, 0.1) is 4.47 Å². The predicted octanol–water partition coefficient (Wildman–Crippen LogP) is 4.78. The molecule has 0 unspecified atom stereocenters. The summed E-state index contributed by atoms with van der Waals surface area (Å²) in [5, 5.41) is 3.35. The molecule has 2 rings (SSSR count). The van der Waals surface area contributed by atoms with Crippen molar-refractivity contribution in [3.63, 3.8) is 0 Å². The summed E-state index contributed by atoms with van der Waals surface area (Å²) in [7, 11) is 0. The number of pyridine rings is 1. The molecule has 1 aromatic carbocycles. The van der Waals surface area contributed by atoms with Crippen LogP contribution in [-0.4, -0.2) is 4.98 Å². The fourth-order valence-corrected chi connectivity index (χ4v) is 2.93. The fraction of sp³-hybridized carbons (Fsp3) is 0.214. The molecule has 0 aliphatic carbocycles. The average molecular weight is 370 g/mol. The smallest absolute Gasteiger partial charge is 0.140 e. The van der Waals surface area contributed by atoms with Gasteiger partial charge in [0.1, 0.15) is 5.82 Å². The number of hydrogen-bond donors (Lipinski definition) is 1. The molecule has 18 heavy (non-hydrogen) atoms. The maximum Gasteiger partial charge on any atom is 0.140 e. The number of anilines is 1. The van der Waals surface area contributed by atoms with Crippen LogP contribution in [0.3, 0.4) is 0 Å².